The van der Waals surface area contributed by atoms with Crippen LogP contribution in [0.15, 0.2) is 48.6 Å². The smallest absolute Gasteiger partial charge is 0.220 e. The van der Waals surface area contributed by atoms with Gasteiger partial charge >= 0.3 is 0 Å². The summed E-state index contributed by atoms with van der Waals surface area (Å²) in [4.78, 5) is 12.5. The number of nitrogens with one attached hydrogen (secondary N) is 1. The number of hydrogen-bond acceptors (Lipinski definition) is 3. The molecule has 4 heteroatoms. The molecule has 0 spiro atoms. The Balaban J connectivity index is 3.42. The summed E-state index contributed by atoms with van der Waals surface area (Å²) < 4.78 is 0. The van der Waals surface area contributed by atoms with Crippen LogP contribution in [0, 0.1) is 0 Å². The number of aliphatic hydroxyl groups excluding tert-OH is 2. The van der Waals surface area contributed by atoms with E-state index in [1.807, 2.05) is 0 Å². The van der Waals surface area contributed by atoms with Crippen LogP contribution in [0.1, 0.15) is 290 Å². The molecule has 0 aliphatic heterocycles. The lowest BCUT2D eigenvalue weighted by Gasteiger charge is -2.22. The minimum absolute atomic E-state index is 0.0274. The van der Waals surface area contributed by atoms with Gasteiger partial charge in [-0.15, -0.1) is 0 Å². The van der Waals surface area contributed by atoms with Crippen molar-refractivity contribution < 1.29 is 15.0 Å². The monoisotopic (exact) mass is 854 g/mol. The number of amides is 1. The molecule has 0 aliphatic carbocycles. The summed E-state index contributed by atoms with van der Waals surface area (Å²) in [5.74, 6) is -0.0274. The van der Waals surface area contributed by atoms with Crippen molar-refractivity contribution in [2.24, 2.45) is 0 Å². The van der Waals surface area contributed by atoms with Gasteiger partial charge in [-0.05, 0) is 51.4 Å². The molecule has 0 heterocycles. The van der Waals surface area contributed by atoms with Crippen LogP contribution in [0.3, 0.4) is 0 Å². The molecule has 0 aliphatic rings. The van der Waals surface area contributed by atoms with E-state index in [0.717, 1.165) is 51.4 Å². The van der Waals surface area contributed by atoms with Crippen molar-refractivity contribution in [3.05, 3.63) is 48.6 Å². The van der Waals surface area contributed by atoms with E-state index in [0.29, 0.717) is 12.8 Å². The zero-order valence-electron chi connectivity index (χ0n) is 41.2. The lowest BCUT2D eigenvalue weighted by Crippen LogP contribution is -2.45. The van der Waals surface area contributed by atoms with E-state index in [4.69, 9.17) is 0 Å². The molecule has 0 fully saturated rings. The Morgan fingerprint density at radius 3 is 1.08 bits per heavy atom. The minimum atomic E-state index is -0.658. The molecule has 0 aromatic rings. The molecular weight excluding hydrogens is 747 g/mol. The van der Waals surface area contributed by atoms with Crippen LogP contribution in [0.4, 0.5) is 0 Å². The van der Waals surface area contributed by atoms with Crippen molar-refractivity contribution in [2.75, 3.05) is 6.61 Å². The maximum absolute atomic E-state index is 12.5. The highest BCUT2D eigenvalue weighted by Crippen LogP contribution is 2.17. The molecule has 4 nitrogen and oxygen atoms in total. The predicted molar refractivity (Wildman–Crippen MR) is 271 cm³/mol. The van der Waals surface area contributed by atoms with Gasteiger partial charge < -0.3 is 15.5 Å². The van der Waals surface area contributed by atoms with Crippen molar-refractivity contribution in [3.63, 3.8) is 0 Å². The van der Waals surface area contributed by atoms with Gasteiger partial charge in [0, 0.05) is 6.42 Å². The van der Waals surface area contributed by atoms with Crippen molar-refractivity contribution >= 4 is 5.91 Å². The fourth-order valence-corrected chi connectivity index (χ4v) is 8.47. The van der Waals surface area contributed by atoms with Gasteiger partial charge in [0.1, 0.15) is 0 Å². The second-order valence-corrected chi connectivity index (χ2v) is 18.6. The highest BCUT2D eigenvalue weighted by atomic mass is 16.3. The molecular formula is C57H107NO3. The Bertz CT molecular complexity index is 970. The number of unbranched alkanes of at least 4 members (excludes halogenated alkanes) is 35. The number of carbonyl (C=O) groups is 1. The zero-order chi connectivity index (χ0) is 44.2. The molecule has 358 valence electrons. The van der Waals surface area contributed by atoms with Crippen LogP contribution >= 0.6 is 0 Å². The number of allylic oxidation sites excluding steroid dienone is 8. The van der Waals surface area contributed by atoms with E-state index < -0.39 is 12.1 Å². The van der Waals surface area contributed by atoms with Crippen LogP contribution in [0.5, 0.6) is 0 Å². The molecule has 2 atom stereocenters. The second kappa shape index (κ2) is 52.7. The van der Waals surface area contributed by atoms with Gasteiger partial charge in [-0.2, -0.15) is 0 Å². The van der Waals surface area contributed by atoms with Crippen LogP contribution in [0.25, 0.3) is 0 Å². The van der Waals surface area contributed by atoms with Crippen LogP contribution < -0.4 is 5.32 Å². The van der Waals surface area contributed by atoms with Gasteiger partial charge in [0.25, 0.3) is 0 Å². The molecule has 2 unspecified atom stereocenters. The first kappa shape index (κ1) is 59.4. The predicted octanol–water partition coefficient (Wildman–Crippen LogP) is 17.9. The molecule has 0 rings (SSSR count). The Morgan fingerprint density at radius 1 is 0.410 bits per heavy atom. The quantitative estimate of drug-likeness (QED) is 0.0422. The van der Waals surface area contributed by atoms with Gasteiger partial charge in [-0.3, -0.25) is 4.79 Å². The first-order valence-electron chi connectivity index (χ1n) is 27.3. The summed E-state index contributed by atoms with van der Waals surface area (Å²) in [7, 11) is 0. The first-order chi connectivity index (χ1) is 30.2. The highest BCUT2D eigenvalue weighted by Gasteiger charge is 2.20. The van der Waals surface area contributed by atoms with Gasteiger partial charge in [0.15, 0.2) is 0 Å². The van der Waals surface area contributed by atoms with Crippen molar-refractivity contribution in [2.45, 2.75) is 302 Å². The summed E-state index contributed by atoms with van der Waals surface area (Å²) >= 11 is 0. The normalized spacial score (nSPS) is 13.2. The van der Waals surface area contributed by atoms with Crippen LogP contribution in [-0.4, -0.2) is 34.9 Å². The average molecular weight is 854 g/mol. The molecule has 0 saturated heterocycles. The third-order valence-corrected chi connectivity index (χ3v) is 12.6. The van der Waals surface area contributed by atoms with E-state index in [-0.39, 0.29) is 12.5 Å². The Morgan fingerprint density at radius 2 is 0.721 bits per heavy atom. The number of hydrogen-bond donors (Lipinski definition) is 3. The maximum Gasteiger partial charge on any atom is 0.220 e. The maximum atomic E-state index is 12.5. The molecule has 0 bridgehead atoms. The van der Waals surface area contributed by atoms with E-state index in [2.05, 4.69) is 67.8 Å². The largest absolute Gasteiger partial charge is 0.394 e. The molecule has 1 amide bonds. The number of aliphatic hydroxyl groups is 2. The van der Waals surface area contributed by atoms with Gasteiger partial charge in [-0.1, -0.05) is 281 Å². The molecule has 0 aromatic heterocycles. The summed E-state index contributed by atoms with van der Waals surface area (Å²) in [5, 5.41) is 23.3. The third-order valence-electron chi connectivity index (χ3n) is 12.6. The zero-order valence-corrected chi connectivity index (χ0v) is 41.2. The van der Waals surface area contributed by atoms with Gasteiger partial charge in [0.05, 0.1) is 18.8 Å². The fraction of sp³-hybridized carbons (Fsp3) is 0.842. The number of rotatable bonds is 50. The second-order valence-electron chi connectivity index (χ2n) is 18.6. The van der Waals surface area contributed by atoms with Crippen molar-refractivity contribution in [1.29, 1.82) is 0 Å². The molecule has 0 saturated carbocycles. The Labute approximate surface area is 382 Å². The van der Waals surface area contributed by atoms with Gasteiger partial charge in [0.2, 0.25) is 5.91 Å². The Hall–Kier alpha value is -1.65. The minimum Gasteiger partial charge on any atom is -0.394 e. The van der Waals surface area contributed by atoms with E-state index >= 15 is 0 Å². The molecule has 0 aromatic carbocycles. The summed E-state index contributed by atoms with van der Waals surface area (Å²) in [6.45, 7) is 4.27. The van der Waals surface area contributed by atoms with Crippen LogP contribution in [-0.2, 0) is 4.79 Å². The van der Waals surface area contributed by atoms with Crippen molar-refractivity contribution in [1.82, 2.24) is 5.32 Å². The van der Waals surface area contributed by atoms with E-state index in [1.165, 1.54) is 212 Å². The molecule has 3 N–H and O–H groups in total. The standard InChI is InChI=1S/C57H107NO3/c1-3-5-7-9-11-13-15-17-19-21-22-23-24-25-26-27-28-29-30-31-32-33-34-35-36-37-39-41-43-45-47-49-51-53-57(61)58-55(54-59)56(60)52-50-48-46-44-42-40-38-20-18-16-14-12-10-8-6-4-2/h5,7,11,13,17,19,22-23,55-56,59-60H,3-4,6,8-10,12,14-16,18,20-21,24-54H2,1-2H3,(H,58,61)/b7-5-,13-11-,19-17-,23-22-. The summed E-state index contributed by atoms with van der Waals surface area (Å²) in [6, 6.07) is -0.535. The third kappa shape index (κ3) is 49.2. The molecule has 61 heavy (non-hydrogen) atoms. The van der Waals surface area contributed by atoms with Gasteiger partial charge in [-0.25, -0.2) is 0 Å². The topological polar surface area (TPSA) is 69.6 Å². The SMILES string of the molecule is CC/C=C\C/C=C\C/C=C\C/C=C\CCCCCCCCCCCCCCCCCCCCCCC(=O)NC(CO)C(O)CCCCCCCCCCCCCCCCCC. The number of carbonyl (C=O) groups excluding carboxylic acids is 1. The Kier molecular flexibility index (Phi) is 51.3. The summed E-state index contributed by atoms with van der Waals surface area (Å²) in [6.07, 6.45) is 72.4. The lowest BCUT2D eigenvalue weighted by molar-refractivity contribution is -0.123. The first-order valence-corrected chi connectivity index (χ1v) is 27.3. The molecule has 0 radical (unpaired) electrons. The van der Waals surface area contributed by atoms with E-state index in [9.17, 15) is 15.0 Å². The van der Waals surface area contributed by atoms with Crippen LogP contribution in [0.2, 0.25) is 0 Å². The summed E-state index contributed by atoms with van der Waals surface area (Å²) in [5.41, 5.74) is 0. The highest BCUT2D eigenvalue weighted by molar-refractivity contribution is 5.76. The van der Waals surface area contributed by atoms with Crippen molar-refractivity contribution in [3.8, 4) is 0 Å². The van der Waals surface area contributed by atoms with E-state index in [1.54, 1.807) is 0 Å². The fourth-order valence-electron chi connectivity index (χ4n) is 8.47. The lowest BCUT2D eigenvalue weighted by atomic mass is 10.0. The average Bonchev–Trinajstić information content (AvgIpc) is 3.26.